The molecule has 0 amide bonds. The highest BCUT2D eigenvalue weighted by Gasteiger charge is 2.10. The van der Waals surface area contributed by atoms with Crippen LogP contribution in [0.15, 0.2) is 30.5 Å². The van der Waals surface area contributed by atoms with Crippen LogP contribution < -0.4 is 4.90 Å². The maximum Gasteiger partial charge on any atom is 0.0624 e. The molecule has 0 bridgehead atoms. The van der Waals surface area contributed by atoms with Crippen molar-refractivity contribution in [1.82, 2.24) is 4.98 Å². The van der Waals surface area contributed by atoms with Gasteiger partial charge in [-0.25, -0.2) is 0 Å². The zero-order valence-electron chi connectivity index (χ0n) is 10.3. The lowest BCUT2D eigenvalue weighted by Gasteiger charge is -2.22. The third-order valence-corrected chi connectivity index (χ3v) is 3.06. The highest BCUT2D eigenvalue weighted by atomic mass is 16.3. The van der Waals surface area contributed by atoms with Gasteiger partial charge in [0.05, 0.1) is 12.3 Å². The first-order valence-electron chi connectivity index (χ1n) is 6.28. The third kappa shape index (κ3) is 2.61. The number of para-hydroxylation sites is 1. The number of H-pyrrole nitrogens is 1. The van der Waals surface area contributed by atoms with Crippen LogP contribution in [0, 0.1) is 0 Å². The second kappa shape index (κ2) is 5.73. The Kier molecular flexibility index (Phi) is 4.04. The van der Waals surface area contributed by atoms with Crippen molar-refractivity contribution in [2.75, 3.05) is 24.6 Å². The number of hydrogen-bond donors (Lipinski definition) is 2. The number of fused-ring (bicyclic) bond motifs is 1. The fourth-order valence-corrected chi connectivity index (χ4v) is 2.14. The Morgan fingerprint density at radius 3 is 2.82 bits per heavy atom. The molecule has 17 heavy (non-hydrogen) atoms. The molecular formula is C14H20N2O. The largest absolute Gasteiger partial charge is 0.395 e. The van der Waals surface area contributed by atoms with Gasteiger partial charge in [-0.15, -0.1) is 0 Å². The van der Waals surface area contributed by atoms with Gasteiger partial charge >= 0.3 is 0 Å². The van der Waals surface area contributed by atoms with Crippen molar-refractivity contribution < 1.29 is 5.11 Å². The number of nitrogens with one attached hydrogen (secondary N) is 1. The molecule has 2 aromatic rings. The molecule has 0 saturated heterocycles. The molecule has 0 unspecified atom stereocenters. The van der Waals surface area contributed by atoms with Crippen LogP contribution in [0.3, 0.4) is 0 Å². The van der Waals surface area contributed by atoms with Crippen LogP contribution >= 0.6 is 0 Å². The van der Waals surface area contributed by atoms with E-state index >= 15 is 0 Å². The minimum atomic E-state index is 0.198. The van der Waals surface area contributed by atoms with E-state index in [0.717, 1.165) is 18.5 Å². The summed E-state index contributed by atoms with van der Waals surface area (Å²) in [7, 11) is 0. The van der Waals surface area contributed by atoms with E-state index in [0.29, 0.717) is 6.54 Å². The van der Waals surface area contributed by atoms with Crippen LogP contribution in [0.1, 0.15) is 19.8 Å². The van der Waals surface area contributed by atoms with Crippen molar-refractivity contribution in [2.45, 2.75) is 19.8 Å². The lowest BCUT2D eigenvalue weighted by molar-refractivity contribution is 0.301. The standard InChI is InChI=1S/C14H20N2O/c1-2-3-8-16(9-10-17)14-11-15-13-7-5-4-6-12(13)14/h4-7,11,15,17H,2-3,8-10H2,1H3. The molecule has 0 radical (unpaired) electrons. The average Bonchev–Trinajstić information content (AvgIpc) is 2.78. The van der Waals surface area contributed by atoms with E-state index in [-0.39, 0.29) is 6.61 Å². The van der Waals surface area contributed by atoms with Crippen molar-refractivity contribution in [2.24, 2.45) is 0 Å². The smallest absolute Gasteiger partial charge is 0.0624 e. The van der Waals surface area contributed by atoms with Gasteiger partial charge in [0.25, 0.3) is 0 Å². The van der Waals surface area contributed by atoms with E-state index in [1.807, 2.05) is 12.3 Å². The maximum absolute atomic E-state index is 9.16. The van der Waals surface area contributed by atoms with E-state index in [9.17, 15) is 0 Å². The average molecular weight is 232 g/mol. The quantitative estimate of drug-likeness (QED) is 0.804. The molecule has 3 nitrogen and oxygen atoms in total. The van der Waals surface area contributed by atoms with Gasteiger partial charge in [0.15, 0.2) is 0 Å². The van der Waals surface area contributed by atoms with Gasteiger partial charge < -0.3 is 15.0 Å². The summed E-state index contributed by atoms with van der Waals surface area (Å²) in [5, 5.41) is 10.4. The number of rotatable bonds is 6. The highest BCUT2D eigenvalue weighted by Crippen LogP contribution is 2.26. The second-order valence-corrected chi connectivity index (χ2v) is 4.28. The molecule has 1 aromatic heterocycles. The number of aliphatic hydroxyl groups is 1. The molecule has 1 heterocycles. The number of nitrogens with zero attached hydrogens (tertiary/aromatic N) is 1. The fourth-order valence-electron chi connectivity index (χ4n) is 2.14. The molecule has 92 valence electrons. The van der Waals surface area contributed by atoms with Crippen molar-refractivity contribution in [3.8, 4) is 0 Å². The predicted octanol–water partition coefficient (Wildman–Crippen LogP) is 2.77. The van der Waals surface area contributed by atoms with E-state index < -0.39 is 0 Å². The zero-order chi connectivity index (χ0) is 12.1. The molecular weight excluding hydrogens is 212 g/mol. The maximum atomic E-state index is 9.16. The Morgan fingerprint density at radius 1 is 1.24 bits per heavy atom. The number of hydrogen-bond acceptors (Lipinski definition) is 2. The van der Waals surface area contributed by atoms with Crippen LogP contribution in [-0.4, -0.2) is 29.8 Å². The van der Waals surface area contributed by atoms with Crippen LogP contribution in [0.25, 0.3) is 10.9 Å². The molecule has 0 fully saturated rings. The lowest BCUT2D eigenvalue weighted by Crippen LogP contribution is -2.27. The minimum Gasteiger partial charge on any atom is -0.395 e. The summed E-state index contributed by atoms with van der Waals surface area (Å²) in [6.45, 7) is 4.08. The Labute approximate surface area is 102 Å². The SMILES string of the molecule is CCCCN(CCO)c1c[nH]c2ccccc12. The zero-order valence-corrected chi connectivity index (χ0v) is 10.3. The Morgan fingerprint density at radius 2 is 2.06 bits per heavy atom. The van der Waals surface area contributed by atoms with Gasteiger partial charge in [0.1, 0.15) is 0 Å². The summed E-state index contributed by atoms with van der Waals surface area (Å²) in [4.78, 5) is 5.53. The van der Waals surface area contributed by atoms with Gasteiger partial charge in [-0.05, 0) is 12.5 Å². The Hall–Kier alpha value is -1.48. The van der Waals surface area contributed by atoms with E-state index in [1.54, 1.807) is 0 Å². The van der Waals surface area contributed by atoms with Crippen molar-refractivity contribution in [3.63, 3.8) is 0 Å². The minimum absolute atomic E-state index is 0.198. The number of unbranched alkanes of at least 4 members (excludes halogenated alkanes) is 1. The van der Waals surface area contributed by atoms with Crippen molar-refractivity contribution in [1.29, 1.82) is 0 Å². The normalized spacial score (nSPS) is 10.9. The molecule has 0 aliphatic heterocycles. The highest BCUT2D eigenvalue weighted by molar-refractivity contribution is 5.92. The summed E-state index contributed by atoms with van der Waals surface area (Å²) in [6.07, 6.45) is 4.36. The number of aromatic amines is 1. The molecule has 2 rings (SSSR count). The number of aliphatic hydroxyl groups excluding tert-OH is 1. The first-order chi connectivity index (χ1) is 8.36. The van der Waals surface area contributed by atoms with Crippen molar-refractivity contribution in [3.05, 3.63) is 30.5 Å². The molecule has 3 heteroatoms. The second-order valence-electron chi connectivity index (χ2n) is 4.28. The summed E-state index contributed by atoms with van der Waals surface area (Å²) in [6, 6.07) is 8.29. The van der Waals surface area contributed by atoms with Crippen LogP contribution in [0.4, 0.5) is 5.69 Å². The predicted molar refractivity (Wildman–Crippen MR) is 72.5 cm³/mol. The van der Waals surface area contributed by atoms with E-state index in [4.69, 9.17) is 5.11 Å². The summed E-state index contributed by atoms with van der Waals surface area (Å²) in [5.41, 5.74) is 2.35. The van der Waals surface area contributed by atoms with Crippen molar-refractivity contribution >= 4 is 16.6 Å². The molecule has 2 N–H and O–H groups in total. The van der Waals surface area contributed by atoms with Gasteiger partial charge in [-0.2, -0.15) is 0 Å². The number of anilines is 1. The Balaban J connectivity index is 2.27. The molecule has 1 aromatic carbocycles. The van der Waals surface area contributed by atoms with Crippen LogP contribution in [0.2, 0.25) is 0 Å². The van der Waals surface area contributed by atoms with Gasteiger partial charge in [-0.1, -0.05) is 31.5 Å². The molecule has 0 saturated carbocycles. The number of aromatic nitrogens is 1. The van der Waals surface area contributed by atoms with Gasteiger partial charge in [0, 0.05) is 30.2 Å². The summed E-state index contributed by atoms with van der Waals surface area (Å²) < 4.78 is 0. The first-order valence-corrected chi connectivity index (χ1v) is 6.28. The molecule has 0 spiro atoms. The van der Waals surface area contributed by atoms with Crippen LogP contribution in [0.5, 0.6) is 0 Å². The molecule has 0 aliphatic carbocycles. The van der Waals surface area contributed by atoms with E-state index in [2.05, 4.69) is 35.0 Å². The summed E-state index contributed by atoms with van der Waals surface area (Å²) in [5.74, 6) is 0. The van der Waals surface area contributed by atoms with Crippen LogP contribution in [-0.2, 0) is 0 Å². The lowest BCUT2D eigenvalue weighted by atomic mass is 10.2. The van der Waals surface area contributed by atoms with Gasteiger partial charge in [0.2, 0.25) is 0 Å². The monoisotopic (exact) mass is 232 g/mol. The molecule has 0 aliphatic rings. The topological polar surface area (TPSA) is 39.3 Å². The number of benzene rings is 1. The molecule has 0 atom stereocenters. The van der Waals surface area contributed by atoms with E-state index in [1.165, 1.54) is 17.5 Å². The Bertz CT molecular complexity index is 464. The van der Waals surface area contributed by atoms with Gasteiger partial charge in [-0.3, -0.25) is 0 Å². The fraction of sp³-hybridized carbons (Fsp3) is 0.429. The summed E-state index contributed by atoms with van der Waals surface area (Å²) >= 11 is 0. The first kappa shape index (κ1) is 12.0. The third-order valence-electron chi connectivity index (χ3n) is 3.06.